The van der Waals surface area contributed by atoms with E-state index in [1.807, 2.05) is 16.9 Å². The van der Waals surface area contributed by atoms with Crippen molar-refractivity contribution in [1.29, 1.82) is 0 Å². The molecule has 0 aromatic carbocycles. The molecule has 2 rings (SSSR count). The van der Waals surface area contributed by atoms with Crippen molar-refractivity contribution in [2.75, 3.05) is 13.7 Å². The Morgan fingerprint density at radius 1 is 1.45 bits per heavy atom. The van der Waals surface area contributed by atoms with Gasteiger partial charge in [0.15, 0.2) is 0 Å². The molecule has 20 heavy (non-hydrogen) atoms. The first kappa shape index (κ1) is 15.2. The van der Waals surface area contributed by atoms with Crippen molar-refractivity contribution in [2.45, 2.75) is 25.9 Å². The lowest BCUT2D eigenvalue weighted by atomic mass is 9.99. The number of hydrogen-bond donors (Lipinski definition) is 1. The van der Waals surface area contributed by atoms with Gasteiger partial charge in [0.25, 0.3) is 0 Å². The molecule has 1 unspecified atom stereocenters. The largest absolute Gasteiger partial charge is 0.383 e. The summed E-state index contributed by atoms with van der Waals surface area (Å²) in [5.74, 6) is 0. The second-order valence-electron chi connectivity index (χ2n) is 4.50. The van der Waals surface area contributed by atoms with Gasteiger partial charge in [0.2, 0.25) is 0 Å². The fourth-order valence-electron chi connectivity index (χ4n) is 2.22. The molecule has 0 bridgehead atoms. The van der Waals surface area contributed by atoms with Crippen molar-refractivity contribution in [3.8, 4) is 0 Å². The standard InChI is InChI=1S/C14H19BrN4O/c1-3-10-8-17-5-4-11(10)13(16)14-12(15)9-18-19(14)6-7-20-2/h4-5,8-9,13H,3,6-7,16H2,1-2H3. The summed E-state index contributed by atoms with van der Waals surface area (Å²) >= 11 is 3.53. The van der Waals surface area contributed by atoms with Gasteiger partial charge in [-0.3, -0.25) is 9.67 Å². The third kappa shape index (κ3) is 3.08. The van der Waals surface area contributed by atoms with Gasteiger partial charge in [-0.2, -0.15) is 5.10 Å². The van der Waals surface area contributed by atoms with E-state index in [0.29, 0.717) is 13.2 Å². The van der Waals surface area contributed by atoms with Crippen LogP contribution in [0.1, 0.15) is 29.8 Å². The number of aryl methyl sites for hydroxylation is 1. The highest BCUT2D eigenvalue weighted by atomic mass is 79.9. The van der Waals surface area contributed by atoms with Gasteiger partial charge >= 0.3 is 0 Å². The van der Waals surface area contributed by atoms with Gasteiger partial charge in [0.1, 0.15) is 0 Å². The first-order valence-corrected chi connectivity index (χ1v) is 7.36. The van der Waals surface area contributed by atoms with Crippen LogP contribution >= 0.6 is 15.9 Å². The molecule has 1 atom stereocenters. The smallest absolute Gasteiger partial charge is 0.0740 e. The van der Waals surface area contributed by atoms with Crippen LogP contribution in [0.25, 0.3) is 0 Å². The summed E-state index contributed by atoms with van der Waals surface area (Å²) in [5, 5.41) is 4.35. The zero-order valence-electron chi connectivity index (χ0n) is 11.7. The molecule has 0 aliphatic heterocycles. The second-order valence-corrected chi connectivity index (χ2v) is 5.35. The van der Waals surface area contributed by atoms with E-state index in [0.717, 1.165) is 27.7 Å². The number of methoxy groups -OCH3 is 1. The average molecular weight is 339 g/mol. The molecule has 2 aromatic rings. The first-order chi connectivity index (χ1) is 9.69. The average Bonchev–Trinajstić information content (AvgIpc) is 2.85. The highest BCUT2D eigenvalue weighted by Gasteiger charge is 2.20. The molecule has 0 radical (unpaired) electrons. The van der Waals surface area contributed by atoms with Crippen molar-refractivity contribution in [1.82, 2.24) is 14.8 Å². The van der Waals surface area contributed by atoms with Crippen LogP contribution in [0.2, 0.25) is 0 Å². The number of halogens is 1. The van der Waals surface area contributed by atoms with Crippen LogP contribution in [-0.4, -0.2) is 28.5 Å². The number of nitrogens with two attached hydrogens (primary N) is 1. The van der Waals surface area contributed by atoms with Gasteiger partial charge in [-0.05, 0) is 39.5 Å². The quantitative estimate of drug-likeness (QED) is 0.877. The fourth-order valence-corrected chi connectivity index (χ4v) is 2.76. The Morgan fingerprint density at radius 2 is 2.25 bits per heavy atom. The van der Waals surface area contributed by atoms with Crippen LogP contribution in [0.15, 0.2) is 29.1 Å². The normalized spacial score (nSPS) is 12.6. The molecule has 0 aliphatic rings. The molecule has 0 saturated carbocycles. The minimum atomic E-state index is -0.235. The van der Waals surface area contributed by atoms with Gasteiger partial charge in [0.05, 0.1) is 35.6 Å². The minimum absolute atomic E-state index is 0.235. The second kappa shape index (κ2) is 6.97. The summed E-state index contributed by atoms with van der Waals surface area (Å²) in [6.45, 7) is 3.38. The molecule has 0 fully saturated rings. The molecule has 0 spiro atoms. The van der Waals surface area contributed by atoms with Crippen molar-refractivity contribution >= 4 is 15.9 Å². The molecule has 2 heterocycles. The van der Waals surface area contributed by atoms with Crippen LogP contribution < -0.4 is 5.73 Å². The van der Waals surface area contributed by atoms with Crippen molar-refractivity contribution in [3.05, 3.63) is 46.0 Å². The maximum absolute atomic E-state index is 6.45. The number of hydrogen-bond acceptors (Lipinski definition) is 4. The Balaban J connectivity index is 2.37. The molecular formula is C14H19BrN4O. The molecule has 6 heteroatoms. The van der Waals surface area contributed by atoms with Gasteiger partial charge < -0.3 is 10.5 Å². The van der Waals surface area contributed by atoms with E-state index in [2.05, 4.69) is 32.9 Å². The van der Waals surface area contributed by atoms with E-state index in [-0.39, 0.29) is 6.04 Å². The first-order valence-electron chi connectivity index (χ1n) is 6.57. The Labute approximate surface area is 127 Å². The molecule has 0 amide bonds. The van der Waals surface area contributed by atoms with Crippen LogP contribution in [0.3, 0.4) is 0 Å². The SMILES string of the molecule is CCc1cnccc1C(N)c1c(Br)cnn1CCOC. The maximum Gasteiger partial charge on any atom is 0.0740 e. The van der Waals surface area contributed by atoms with Gasteiger partial charge in [0, 0.05) is 19.5 Å². The number of rotatable bonds is 6. The highest BCUT2D eigenvalue weighted by Crippen LogP contribution is 2.28. The number of pyridine rings is 1. The lowest BCUT2D eigenvalue weighted by Crippen LogP contribution is -2.20. The zero-order valence-corrected chi connectivity index (χ0v) is 13.3. The monoisotopic (exact) mass is 338 g/mol. The number of nitrogens with zero attached hydrogens (tertiary/aromatic N) is 3. The molecule has 0 aliphatic carbocycles. The summed E-state index contributed by atoms with van der Waals surface area (Å²) in [6, 6.07) is 1.74. The van der Waals surface area contributed by atoms with E-state index in [1.165, 1.54) is 0 Å². The summed E-state index contributed by atoms with van der Waals surface area (Å²) in [6.07, 6.45) is 6.33. The third-order valence-electron chi connectivity index (χ3n) is 3.29. The summed E-state index contributed by atoms with van der Waals surface area (Å²) in [5.41, 5.74) is 9.66. The Morgan fingerprint density at radius 3 is 2.95 bits per heavy atom. The lowest BCUT2D eigenvalue weighted by molar-refractivity contribution is 0.182. The molecule has 108 valence electrons. The Hall–Kier alpha value is -1.24. The Bertz CT molecular complexity index is 570. The highest BCUT2D eigenvalue weighted by molar-refractivity contribution is 9.10. The van der Waals surface area contributed by atoms with Crippen molar-refractivity contribution in [3.63, 3.8) is 0 Å². The third-order valence-corrected chi connectivity index (χ3v) is 3.90. The topological polar surface area (TPSA) is 66.0 Å². The summed E-state index contributed by atoms with van der Waals surface area (Å²) in [4.78, 5) is 4.16. The van der Waals surface area contributed by atoms with Gasteiger partial charge in [-0.15, -0.1) is 0 Å². The summed E-state index contributed by atoms with van der Waals surface area (Å²) < 4.78 is 7.92. The molecule has 5 nitrogen and oxygen atoms in total. The molecule has 2 aromatic heterocycles. The van der Waals surface area contributed by atoms with Crippen molar-refractivity contribution < 1.29 is 4.74 Å². The number of aromatic nitrogens is 3. The molecule has 2 N–H and O–H groups in total. The van der Waals surface area contributed by atoms with E-state index < -0.39 is 0 Å². The van der Waals surface area contributed by atoms with E-state index in [1.54, 1.807) is 19.5 Å². The predicted octanol–water partition coefficient (Wildman–Crippen LogP) is 2.30. The van der Waals surface area contributed by atoms with E-state index in [4.69, 9.17) is 10.5 Å². The predicted molar refractivity (Wildman–Crippen MR) is 81.4 cm³/mol. The van der Waals surface area contributed by atoms with Crippen LogP contribution in [0.4, 0.5) is 0 Å². The zero-order chi connectivity index (χ0) is 14.5. The Kier molecular flexibility index (Phi) is 5.28. The lowest BCUT2D eigenvalue weighted by Gasteiger charge is -2.18. The summed E-state index contributed by atoms with van der Waals surface area (Å²) in [7, 11) is 1.68. The van der Waals surface area contributed by atoms with Crippen LogP contribution in [-0.2, 0) is 17.7 Å². The fraction of sp³-hybridized carbons (Fsp3) is 0.429. The van der Waals surface area contributed by atoms with Crippen molar-refractivity contribution in [2.24, 2.45) is 5.73 Å². The van der Waals surface area contributed by atoms with E-state index in [9.17, 15) is 0 Å². The van der Waals surface area contributed by atoms with Crippen LogP contribution in [0, 0.1) is 0 Å². The minimum Gasteiger partial charge on any atom is -0.383 e. The van der Waals surface area contributed by atoms with Gasteiger partial charge in [-0.25, -0.2) is 0 Å². The maximum atomic E-state index is 6.45. The molecule has 0 saturated heterocycles. The molecular weight excluding hydrogens is 320 g/mol. The van der Waals surface area contributed by atoms with E-state index >= 15 is 0 Å². The van der Waals surface area contributed by atoms with Gasteiger partial charge in [-0.1, -0.05) is 6.92 Å². The van der Waals surface area contributed by atoms with Crippen LogP contribution in [0.5, 0.6) is 0 Å². The number of ether oxygens (including phenoxy) is 1.